The molecule has 1 N–H and O–H groups in total. The lowest BCUT2D eigenvalue weighted by atomic mass is 9.86. The largest absolute Gasteiger partial charge is 0.480 e. The number of nitrogens with zero attached hydrogens (tertiary/aromatic N) is 3. The summed E-state index contributed by atoms with van der Waals surface area (Å²) in [5.41, 5.74) is 1.09. The van der Waals surface area contributed by atoms with Crippen molar-refractivity contribution in [2.75, 3.05) is 26.2 Å². The fourth-order valence-corrected chi connectivity index (χ4v) is 6.92. The fourth-order valence-electron chi connectivity index (χ4n) is 6.92. The van der Waals surface area contributed by atoms with Crippen LogP contribution in [0.25, 0.3) is 10.8 Å². The number of halogens is 4. The van der Waals surface area contributed by atoms with Crippen LogP contribution in [0.1, 0.15) is 51.7 Å². The summed E-state index contributed by atoms with van der Waals surface area (Å²) in [5.74, 6) is -3.11. The summed E-state index contributed by atoms with van der Waals surface area (Å²) in [6.07, 6.45) is 0.364. The molecule has 5 atom stereocenters. The van der Waals surface area contributed by atoms with Crippen molar-refractivity contribution in [3.63, 3.8) is 0 Å². The number of carboxylic acids is 1. The number of carbonyl (C=O) groups excluding carboxylic acids is 1. The monoisotopic (exact) mass is 649 g/mol. The minimum atomic E-state index is -0.884. The topological polar surface area (TPSA) is 64.1 Å². The molecular weight excluding hydrogens is 607 g/mol. The van der Waals surface area contributed by atoms with Gasteiger partial charge in [-0.3, -0.25) is 19.4 Å². The second-order valence-corrected chi connectivity index (χ2v) is 13.1. The molecule has 6 nitrogen and oxygen atoms in total. The van der Waals surface area contributed by atoms with Crippen molar-refractivity contribution in [2.45, 2.75) is 70.6 Å². The molecule has 0 radical (unpaired) electrons. The predicted molar refractivity (Wildman–Crippen MR) is 175 cm³/mol. The van der Waals surface area contributed by atoms with E-state index >= 15 is 0 Å². The van der Waals surface area contributed by atoms with Gasteiger partial charge in [0.15, 0.2) is 0 Å². The smallest absolute Gasteiger partial charge is 0.321 e. The van der Waals surface area contributed by atoms with E-state index in [-0.39, 0.29) is 48.3 Å². The Morgan fingerprint density at radius 2 is 1.52 bits per heavy atom. The molecule has 10 heteroatoms. The number of carboxylic acid groups (broad SMARTS) is 1. The third-order valence-electron chi connectivity index (χ3n) is 9.12. The van der Waals surface area contributed by atoms with Gasteiger partial charge in [0.2, 0.25) is 5.91 Å². The van der Waals surface area contributed by atoms with Gasteiger partial charge in [-0.25, -0.2) is 8.78 Å². The Kier molecular flexibility index (Phi) is 11.4. The highest BCUT2D eigenvalue weighted by Gasteiger charge is 2.47. The van der Waals surface area contributed by atoms with Gasteiger partial charge in [0.25, 0.3) is 0 Å². The molecule has 0 bridgehead atoms. The van der Waals surface area contributed by atoms with Crippen LogP contribution < -0.4 is 0 Å². The average Bonchev–Trinajstić information content (AvgIpc) is 3.37. The molecule has 2 fully saturated rings. The van der Waals surface area contributed by atoms with Crippen LogP contribution in [0.2, 0.25) is 0 Å². The van der Waals surface area contributed by atoms with Crippen molar-refractivity contribution in [3.8, 4) is 0 Å². The van der Waals surface area contributed by atoms with Gasteiger partial charge in [-0.1, -0.05) is 48.5 Å². The second-order valence-electron chi connectivity index (χ2n) is 13.1. The normalized spacial score (nSPS) is 23.6. The van der Waals surface area contributed by atoms with Crippen LogP contribution in [-0.4, -0.2) is 81.5 Å². The first-order valence-corrected chi connectivity index (χ1v) is 14.8. The lowest BCUT2D eigenvalue weighted by molar-refractivity contribution is -0.149. The van der Waals surface area contributed by atoms with Crippen LogP contribution >= 0.6 is 24.8 Å². The van der Waals surface area contributed by atoms with Crippen LogP contribution in [0.3, 0.4) is 0 Å². The minimum Gasteiger partial charge on any atom is -0.480 e. The number of rotatable bonds is 6. The Morgan fingerprint density at radius 3 is 2.11 bits per heavy atom. The summed E-state index contributed by atoms with van der Waals surface area (Å²) in [7, 11) is 0. The maximum atomic E-state index is 15.0. The molecule has 2 heterocycles. The number of hydrogen-bond acceptors (Lipinski definition) is 4. The number of amides is 1. The molecule has 44 heavy (non-hydrogen) atoms. The highest BCUT2D eigenvalue weighted by atomic mass is 35.5. The Hall–Kier alpha value is -2.78. The third kappa shape index (κ3) is 7.36. The molecule has 2 aliphatic rings. The van der Waals surface area contributed by atoms with Crippen molar-refractivity contribution >= 4 is 47.5 Å². The standard InChI is InChI=1S/C34H41F2N3O3.2ClH/c1-21-17-37(31(33(41)42)15-23-10-11-24-8-6-7-9-25(24)14-23)18-22(2)39(21)32(40)29-20-38(34(3,4)5)19-28(29)27-13-12-26(35)16-30(27)36;;/h6-14,16,21-22,28-29,31H,15,17-20H2,1-5H3,(H,41,42);2*1H/t21-,22+,28-,29+,31-;;/m0../s1. The van der Waals surface area contributed by atoms with Crippen molar-refractivity contribution in [1.82, 2.24) is 14.7 Å². The van der Waals surface area contributed by atoms with Gasteiger partial charge in [-0.15, -0.1) is 24.8 Å². The van der Waals surface area contributed by atoms with Crippen molar-refractivity contribution in [3.05, 3.63) is 83.4 Å². The van der Waals surface area contributed by atoms with E-state index in [1.54, 1.807) is 0 Å². The number of carbonyl (C=O) groups is 2. The van der Waals surface area contributed by atoms with Gasteiger partial charge in [0.05, 0.1) is 5.92 Å². The predicted octanol–water partition coefficient (Wildman–Crippen LogP) is 6.39. The Morgan fingerprint density at radius 1 is 0.886 bits per heavy atom. The number of piperazine rings is 1. The first-order valence-electron chi connectivity index (χ1n) is 14.8. The van der Waals surface area contributed by atoms with Gasteiger partial charge in [0.1, 0.15) is 17.7 Å². The molecule has 1 amide bonds. The highest BCUT2D eigenvalue weighted by Crippen LogP contribution is 2.39. The van der Waals surface area contributed by atoms with E-state index in [0.29, 0.717) is 38.2 Å². The summed E-state index contributed by atoms with van der Waals surface area (Å²) in [5, 5.41) is 12.4. The van der Waals surface area contributed by atoms with Crippen molar-refractivity contribution in [2.24, 2.45) is 5.92 Å². The molecule has 0 aromatic heterocycles. The molecule has 2 saturated heterocycles. The zero-order valence-electron chi connectivity index (χ0n) is 25.9. The van der Waals surface area contributed by atoms with Crippen LogP contribution in [-0.2, 0) is 16.0 Å². The molecule has 0 aliphatic carbocycles. The summed E-state index contributed by atoms with van der Waals surface area (Å²) in [4.78, 5) is 32.8. The Bertz CT molecular complexity index is 1470. The quantitative estimate of drug-likeness (QED) is 0.335. The minimum absolute atomic E-state index is 0. The van der Waals surface area contributed by atoms with Crippen LogP contribution in [0, 0.1) is 17.6 Å². The van der Waals surface area contributed by atoms with Gasteiger partial charge in [-0.2, -0.15) is 0 Å². The molecule has 0 spiro atoms. The molecule has 0 saturated carbocycles. The first-order chi connectivity index (χ1) is 19.8. The lowest BCUT2D eigenvalue weighted by Crippen LogP contribution is -2.63. The van der Waals surface area contributed by atoms with Crippen molar-refractivity contribution < 1.29 is 23.5 Å². The van der Waals surface area contributed by atoms with Crippen molar-refractivity contribution in [1.29, 1.82) is 0 Å². The van der Waals surface area contributed by atoms with E-state index in [9.17, 15) is 23.5 Å². The van der Waals surface area contributed by atoms with Crippen LogP contribution in [0.4, 0.5) is 8.78 Å². The highest BCUT2D eigenvalue weighted by molar-refractivity contribution is 5.86. The summed E-state index contributed by atoms with van der Waals surface area (Å²) >= 11 is 0. The SMILES string of the molecule is C[C@@H]1CN([C@@H](Cc2ccc3ccccc3c2)C(=O)O)C[C@H](C)N1C(=O)[C@@H]1CN(C(C)(C)C)C[C@H]1c1ccc(F)cc1F.Cl.Cl. The zero-order valence-corrected chi connectivity index (χ0v) is 27.5. The molecular formula is C34H43Cl2F2N3O3. The van der Waals surface area contributed by atoms with E-state index in [4.69, 9.17) is 0 Å². The molecule has 240 valence electrons. The van der Waals surface area contributed by atoms with E-state index in [1.165, 1.54) is 12.1 Å². The second kappa shape index (κ2) is 14.1. The number of fused-ring (bicyclic) bond motifs is 1. The van der Waals surface area contributed by atoms with E-state index in [0.717, 1.165) is 22.4 Å². The molecule has 2 aliphatic heterocycles. The summed E-state index contributed by atoms with van der Waals surface area (Å²) in [6, 6.07) is 16.5. The zero-order chi connectivity index (χ0) is 30.3. The number of hydrogen-bond donors (Lipinski definition) is 1. The maximum absolute atomic E-state index is 15.0. The number of likely N-dealkylation sites (tertiary alicyclic amines) is 1. The molecule has 3 aromatic carbocycles. The number of benzene rings is 3. The molecule has 3 aromatic rings. The van der Waals surface area contributed by atoms with Gasteiger partial charge in [0, 0.05) is 55.8 Å². The average molecular weight is 651 g/mol. The fraction of sp³-hybridized carbons (Fsp3) is 0.471. The van der Waals surface area contributed by atoms with Gasteiger partial charge >= 0.3 is 5.97 Å². The first kappa shape index (κ1) is 35.7. The Labute approximate surface area is 271 Å². The van der Waals surface area contributed by atoms with Crippen LogP contribution in [0.5, 0.6) is 0 Å². The Balaban J connectivity index is 0.00000264. The maximum Gasteiger partial charge on any atom is 0.321 e. The summed E-state index contributed by atoms with van der Waals surface area (Å²) in [6.45, 7) is 12.0. The third-order valence-corrected chi connectivity index (χ3v) is 9.12. The van der Waals surface area contributed by atoms with E-state index in [1.807, 2.05) is 66.1 Å². The van der Waals surface area contributed by atoms with Crippen LogP contribution in [0.15, 0.2) is 60.7 Å². The van der Waals surface area contributed by atoms with Gasteiger partial charge < -0.3 is 10.0 Å². The lowest BCUT2D eigenvalue weighted by Gasteiger charge is -2.47. The van der Waals surface area contributed by atoms with E-state index < -0.39 is 35.5 Å². The van der Waals surface area contributed by atoms with Gasteiger partial charge in [-0.05, 0) is 69.0 Å². The molecule has 5 rings (SSSR count). The van der Waals surface area contributed by atoms with E-state index in [2.05, 4.69) is 25.7 Å². The number of aliphatic carboxylic acids is 1. The summed E-state index contributed by atoms with van der Waals surface area (Å²) < 4.78 is 28.7. The molecule has 0 unspecified atom stereocenters.